The van der Waals surface area contributed by atoms with Gasteiger partial charge in [-0.25, -0.2) is 13.8 Å². The summed E-state index contributed by atoms with van der Waals surface area (Å²) in [5.41, 5.74) is 1.39. The molecule has 0 saturated heterocycles. The van der Waals surface area contributed by atoms with E-state index in [0.717, 1.165) is 70.3 Å². The molecule has 36 heavy (non-hydrogen) atoms. The zero-order valence-electron chi connectivity index (χ0n) is 20.6. The largest absolute Gasteiger partial charge is 0.466 e. The molecule has 2 fully saturated rings. The summed E-state index contributed by atoms with van der Waals surface area (Å²) in [6.07, 6.45) is 7.81. The minimum Gasteiger partial charge on any atom is -0.466 e. The Hall–Kier alpha value is -2.14. The average molecular weight is 526 g/mol. The Kier molecular flexibility index (Phi) is 7.57. The molecule has 2 aromatic heterocycles. The molecule has 0 spiro atoms. The van der Waals surface area contributed by atoms with Crippen molar-refractivity contribution in [2.45, 2.75) is 82.3 Å². The van der Waals surface area contributed by atoms with Crippen molar-refractivity contribution in [2.75, 3.05) is 19.6 Å². The highest BCUT2D eigenvalue weighted by atomic mass is 32.1. The van der Waals surface area contributed by atoms with Gasteiger partial charge in [0.1, 0.15) is 6.10 Å². The molecule has 0 aromatic carbocycles. The number of alkyl halides is 2. The SMILES string of the molecule is Cn1cc(CC(=O)N[C@H]2CC[C@H](CCN3CCc4nc(OC5CC(F)(F)C5)sc4CC3)CC2)c(F)n1. The monoisotopic (exact) mass is 525 g/mol. The van der Waals surface area contributed by atoms with Crippen LogP contribution in [0.1, 0.15) is 61.1 Å². The maximum absolute atomic E-state index is 13.7. The van der Waals surface area contributed by atoms with Crippen molar-refractivity contribution >= 4 is 17.2 Å². The van der Waals surface area contributed by atoms with Gasteiger partial charge < -0.3 is 15.0 Å². The molecule has 0 bridgehead atoms. The number of ether oxygens (including phenoxy) is 1. The third kappa shape index (κ3) is 6.40. The smallest absolute Gasteiger partial charge is 0.273 e. The number of fused-ring (bicyclic) bond motifs is 1. The zero-order chi connectivity index (χ0) is 25.3. The lowest BCUT2D eigenvalue weighted by molar-refractivity contribution is -0.134. The first kappa shape index (κ1) is 25.5. The minimum atomic E-state index is -2.58. The lowest BCUT2D eigenvalue weighted by atomic mass is 9.84. The van der Waals surface area contributed by atoms with Crippen molar-refractivity contribution in [2.24, 2.45) is 13.0 Å². The molecular weight excluding hydrogens is 491 g/mol. The van der Waals surface area contributed by atoms with Crippen LogP contribution in [0, 0.1) is 11.9 Å². The van der Waals surface area contributed by atoms with E-state index in [2.05, 4.69) is 20.3 Å². The fraction of sp³-hybridized carbons (Fsp3) is 0.720. The highest BCUT2D eigenvalue weighted by molar-refractivity contribution is 7.13. The topological polar surface area (TPSA) is 72.3 Å². The normalized spacial score (nSPS) is 24.6. The maximum Gasteiger partial charge on any atom is 0.273 e. The number of nitrogens with one attached hydrogen (secondary N) is 1. The Morgan fingerprint density at radius 2 is 1.97 bits per heavy atom. The minimum absolute atomic E-state index is 0.0268. The highest BCUT2D eigenvalue weighted by Gasteiger charge is 2.47. The second kappa shape index (κ2) is 10.7. The molecular formula is C25H34F3N5O2S. The Morgan fingerprint density at radius 3 is 2.67 bits per heavy atom. The van der Waals surface area contributed by atoms with Gasteiger partial charge >= 0.3 is 0 Å². The van der Waals surface area contributed by atoms with E-state index in [9.17, 15) is 18.0 Å². The van der Waals surface area contributed by atoms with Gasteiger partial charge in [0.2, 0.25) is 11.9 Å². The van der Waals surface area contributed by atoms with Crippen LogP contribution < -0.4 is 10.1 Å². The van der Waals surface area contributed by atoms with Crippen LogP contribution in [-0.4, -0.2) is 63.3 Å². The molecule has 7 nitrogen and oxygen atoms in total. The standard InChI is InChI=1S/C25H34F3N5O2S/c1-32-15-17(23(26)31-32)12-22(34)29-18-4-2-16(3-5-18)6-9-33-10-7-20-21(8-11-33)36-24(30-20)35-19-13-25(27,28)14-19/h15-16,18-19H,2-14H2,1H3,(H,29,34)/t16-,18-. The Balaban J connectivity index is 0.990. The van der Waals surface area contributed by atoms with Crippen molar-refractivity contribution in [1.82, 2.24) is 25.0 Å². The van der Waals surface area contributed by atoms with Crippen LogP contribution in [0.5, 0.6) is 5.19 Å². The van der Waals surface area contributed by atoms with Crippen LogP contribution >= 0.6 is 11.3 Å². The highest BCUT2D eigenvalue weighted by Crippen LogP contribution is 2.41. The van der Waals surface area contributed by atoms with E-state index in [1.807, 2.05) is 0 Å². The Labute approximate surface area is 213 Å². The molecule has 0 radical (unpaired) electrons. The van der Waals surface area contributed by atoms with E-state index in [1.54, 1.807) is 13.2 Å². The molecule has 0 unspecified atom stereocenters. The molecule has 198 valence electrons. The molecule has 2 aliphatic carbocycles. The summed E-state index contributed by atoms with van der Waals surface area (Å²) in [5, 5.41) is 7.26. The summed E-state index contributed by atoms with van der Waals surface area (Å²) >= 11 is 1.52. The fourth-order valence-electron chi connectivity index (χ4n) is 5.53. The number of amides is 1. The summed E-state index contributed by atoms with van der Waals surface area (Å²) in [4.78, 5) is 20.6. The van der Waals surface area contributed by atoms with Gasteiger partial charge in [0.05, 0.1) is 12.1 Å². The number of hydrogen-bond donors (Lipinski definition) is 1. The van der Waals surface area contributed by atoms with Gasteiger partial charge in [-0.05, 0) is 51.0 Å². The third-order valence-corrected chi connectivity index (χ3v) is 8.72. The van der Waals surface area contributed by atoms with Gasteiger partial charge in [0.15, 0.2) is 0 Å². The first-order chi connectivity index (χ1) is 17.2. The Morgan fingerprint density at radius 1 is 1.22 bits per heavy atom. The van der Waals surface area contributed by atoms with Gasteiger partial charge in [-0.3, -0.25) is 9.48 Å². The van der Waals surface area contributed by atoms with Gasteiger partial charge in [0, 0.05) is 62.1 Å². The number of aryl methyl sites for hydroxylation is 1. The third-order valence-electron chi connectivity index (χ3n) is 7.67. The van der Waals surface area contributed by atoms with Crippen molar-refractivity contribution in [3.63, 3.8) is 0 Å². The second-order valence-corrected chi connectivity index (χ2v) is 11.6. The van der Waals surface area contributed by atoms with E-state index in [1.165, 1.54) is 20.9 Å². The van der Waals surface area contributed by atoms with Crippen molar-refractivity contribution in [1.29, 1.82) is 0 Å². The molecule has 5 rings (SSSR count). The number of halogens is 3. The van der Waals surface area contributed by atoms with Gasteiger partial charge in [0.25, 0.3) is 11.1 Å². The van der Waals surface area contributed by atoms with Crippen LogP contribution in [0.3, 0.4) is 0 Å². The number of rotatable bonds is 8. The van der Waals surface area contributed by atoms with E-state index >= 15 is 0 Å². The van der Waals surface area contributed by atoms with Crippen LogP contribution in [0.4, 0.5) is 13.2 Å². The summed E-state index contributed by atoms with van der Waals surface area (Å²) in [5.74, 6) is -2.64. The first-order valence-electron chi connectivity index (χ1n) is 13.0. The van der Waals surface area contributed by atoms with Gasteiger partial charge in [-0.1, -0.05) is 11.3 Å². The molecule has 2 aromatic rings. The maximum atomic E-state index is 13.7. The molecule has 3 heterocycles. The molecule has 3 aliphatic rings. The van der Waals surface area contributed by atoms with Crippen LogP contribution in [-0.2, 0) is 31.1 Å². The molecule has 1 N–H and O–H groups in total. The van der Waals surface area contributed by atoms with Crippen LogP contribution in [0.25, 0.3) is 0 Å². The second-order valence-electron chi connectivity index (χ2n) is 10.6. The van der Waals surface area contributed by atoms with Crippen LogP contribution in [0.2, 0.25) is 0 Å². The molecule has 2 saturated carbocycles. The number of carbonyl (C=O) groups is 1. The quantitative estimate of drug-likeness (QED) is 0.566. The van der Waals surface area contributed by atoms with Crippen molar-refractivity contribution in [3.8, 4) is 5.19 Å². The first-order valence-corrected chi connectivity index (χ1v) is 13.8. The van der Waals surface area contributed by atoms with Crippen LogP contribution in [0.15, 0.2) is 6.20 Å². The van der Waals surface area contributed by atoms with E-state index in [0.29, 0.717) is 16.7 Å². The van der Waals surface area contributed by atoms with E-state index in [-0.39, 0.29) is 31.2 Å². The molecule has 0 atom stereocenters. The lowest BCUT2D eigenvalue weighted by Gasteiger charge is -2.33. The number of hydrogen-bond acceptors (Lipinski definition) is 6. The number of carbonyl (C=O) groups excluding carboxylic acids is 1. The summed E-state index contributed by atoms with van der Waals surface area (Å²) in [6.45, 7) is 2.98. The van der Waals surface area contributed by atoms with E-state index < -0.39 is 18.0 Å². The summed E-state index contributed by atoms with van der Waals surface area (Å²) < 4.78 is 46.8. The average Bonchev–Trinajstić information content (AvgIpc) is 3.27. The predicted molar refractivity (Wildman–Crippen MR) is 130 cm³/mol. The number of nitrogens with zero attached hydrogens (tertiary/aromatic N) is 4. The molecule has 1 aliphatic heterocycles. The molecule has 11 heteroatoms. The zero-order valence-corrected chi connectivity index (χ0v) is 21.5. The predicted octanol–water partition coefficient (Wildman–Crippen LogP) is 3.90. The van der Waals surface area contributed by atoms with Gasteiger partial charge in [-0.2, -0.15) is 4.39 Å². The fourth-order valence-corrected chi connectivity index (χ4v) is 6.54. The summed E-state index contributed by atoms with van der Waals surface area (Å²) in [7, 11) is 1.64. The van der Waals surface area contributed by atoms with E-state index in [4.69, 9.17) is 4.74 Å². The number of aromatic nitrogens is 3. The summed E-state index contributed by atoms with van der Waals surface area (Å²) in [6, 6.07) is 0.163. The van der Waals surface area contributed by atoms with Crippen molar-refractivity contribution in [3.05, 3.63) is 28.3 Å². The Bertz CT molecular complexity index is 1030. The van der Waals surface area contributed by atoms with Gasteiger partial charge in [-0.15, -0.1) is 5.10 Å². The van der Waals surface area contributed by atoms with Crippen molar-refractivity contribution < 1.29 is 22.7 Å². The lowest BCUT2D eigenvalue weighted by Crippen LogP contribution is -2.43. The number of thiazole rings is 1. The molecule has 1 amide bonds.